The first-order valence-corrected chi connectivity index (χ1v) is 11.1. The molecule has 152 valence electrons. The summed E-state index contributed by atoms with van der Waals surface area (Å²) in [5, 5.41) is 15.4. The summed E-state index contributed by atoms with van der Waals surface area (Å²) in [4.78, 5) is 40.9. The maximum atomic E-state index is 13.4. The van der Waals surface area contributed by atoms with Crippen LogP contribution in [0.5, 0.6) is 0 Å². The van der Waals surface area contributed by atoms with Gasteiger partial charge in [0.1, 0.15) is 6.04 Å². The Balaban J connectivity index is 2.08. The highest BCUT2D eigenvalue weighted by atomic mass is 79.9. The topological polar surface area (TPSA) is 98.7 Å². The average Bonchev–Trinajstić information content (AvgIpc) is 3.15. The van der Waals surface area contributed by atoms with Crippen LogP contribution in [-0.4, -0.2) is 73.8 Å². The fourth-order valence-corrected chi connectivity index (χ4v) is 8.43. The van der Waals surface area contributed by atoms with Crippen LogP contribution in [0.1, 0.15) is 34.1 Å². The number of fused-ring (bicyclic) bond motifs is 1. The number of aliphatic hydroxyl groups excluding tert-OH is 1. The molecule has 3 aliphatic heterocycles. The molecule has 0 aromatic rings. The molecule has 3 heterocycles. The highest BCUT2D eigenvalue weighted by molar-refractivity contribution is 9.09. The first-order chi connectivity index (χ1) is 12.5. The molecule has 0 aromatic heterocycles. The van der Waals surface area contributed by atoms with Gasteiger partial charge in [0.05, 0.1) is 29.2 Å². The van der Waals surface area contributed by atoms with E-state index in [0.29, 0.717) is 6.42 Å². The second-order valence-electron chi connectivity index (χ2n) is 8.79. The van der Waals surface area contributed by atoms with Gasteiger partial charge in [0.15, 0.2) is 0 Å². The molecule has 0 aliphatic carbocycles. The molecular weight excluding hydrogens is 434 g/mol. The minimum Gasteiger partial charge on any atom is -0.394 e. The SMILES string of the molecule is CNC(=O)[C@H]1[C@H]2C(=O)N([C@H](C)CO)C(C(=O)NC(C)(C)C)C23CC(Br)[C@@H]1S3. The Kier molecular flexibility index (Phi) is 5.36. The van der Waals surface area contributed by atoms with Crippen molar-refractivity contribution >= 4 is 45.4 Å². The van der Waals surface area contributed by atoms with E-state index >= 15 is 0 Å². The summed E-state index contributed by atoms with van der Waals surface area (Å²) in [5.74, 6) is -1.61. The number of thioether (sulfide) groups is 1. The van der Waals surface area contributed by atoms with Gasteiger partial charge in [-0.2, -0.15) is 0 Å². The molecule has 2 bridgehead atoms. The smallest absolute Gasteiger partial charge is 0.244 e. The summed E-state index contributed by atoms with van der Waals surface area (Å²) in [5.41, 5.74) is -0.446. The number of hydrogen-bond acceptors (Lipinski definition) is 5. The van der Waals surface area contributed by atoms with Crippen LogP contribution in [0.4, 0.5) is 0 Å². The van der Waals surface area contributed by atoms with Gasteiger partial charge >= 0.3 is 0 Å². The summed E-state index contributed by atoms with van der Waals surface area (Å²) in [6.07, 6.45) is 0.642. The number of alkyl halides is 1. The zero-order valence-corrected chi connectivity index (χ0v) is 18.7. The van der Waals surface area contributed by atoms with E-state index in [2.05, 4.69) is 26.6 Å². The number of aliphatic hydroxyl groups is 1. The molecule has 7 atom stereocenters. The molecule has 0 aromatic carbocycles. The van der Waals surface area contributed by atoms with Gasteiger partial charge in [-0.3, -0.25) is 14.4 Å². The molecule has 7 nitrogen and oxygen atoms in total. The molecule has 9 heteroatoms. The van der Waals surface area contributed by atoms with E-state index in [-0.39, 0.29) is 34.4 Å². The third kappa shape index (κ3) is 3.09. The van der Waals surface area contributed by atoms with Crippen molar-refractivity contribution in [2.45, 2.75) is 66.6 Å². The van der Waals surface area contributed by atoms with Crippen LogP contribution in [-0.2, 0) is 14.4 Å². The van der Waals surface area contributed by atoms with Crippen molar-refractivity contribution in [2.75, 3.05) is 13.7 Å². The molecule has 0 saturated carbocycles. The number of nitrogens with zero attached hydrogens (tertiary/aromatic N) is 1. The van der Waals surface area contributed by atoms with E-state index in [1.165, 1.54) is 4.90 Å². The number of carbonyl (C=O) groups is 3. The van der Waals surface area contributed by atoms with Crippen LogP contribution in [0.2, 0.25) is 0 Å². The number of carbonyl (C=O) groups excluding carboxylic acids is 3. The van der Waals surface area contributed by atoms with Crippen molar-refractivity contribution in [2.24, 2.45) is 11.8 Å². The van der Waals surface area contributed by atoms with Crippen LogP contribution in [0.3, 0.4) is 0 Å². The Morgan fingerprint density at radius 2 is 2.04 bits per heavy atom. The van der Waals surface area contributed by atoms with Crippen LogP contribution in [0, 0.1) is 11.8 Å². The Bertz CT molecular complexity index is 669. The normalized spacial score (nSPS) is 38.7. The molecule has 3 fully saturated rings. The average molecular weight is 462 g/mol. The van der Waals surface area contributed by atoms with Gasteiger partial charge in [0, 0.05) is 22.7 Å². The van der Waals surface area contributed by atoms with E-state index < -0.39 is 34.2 Å². The maximum absolute atomic E-state index is 13.4. The first kappa shape index (κ1) is 20.9. The van der Waals surface area contributed by atoms with Gasteiger partial charge in [-0.1, -0.05) is 15.9 Å². The molecular formula is C18H28BrN3O4S. The highest BCUT2D eigenvalue weighted by Crippen LogP contribution is 2.67. The predicted octanol–water partition coefficient (Wildman–Crippen LogP) is 0.493. The summed E-state index contributed by atoms with van der Waals surface area (Å²) in [7, 11) is 1.58. The summed E-state index contributed by atoms with van der Waals surface area (Å²) >= 11 is 5.28. The fourth-order valence-electron chi connectivity index (χ4n) is 4.83. The minimum absolute atomic E-state index is 0.0459. The van der Waals surface area contributed by atoms with Gasteiger partial charge in [0.2, 0.25) is 17.7 Å². The lowest BCUT2D eigenvalue weighted by atomic mass is 9.70. The van der Waals surface area contributed by atoms with E-state index in [9.17, 15) is 19.5 Å². The van der Waals surface area contributed by atoms with E-state index in [0.717, 1.165) is 0 Å². The van der Waals surface area contributed by atoms with Crippen LogP contribution >= 0.6 is 27.7 Å². The monoisotopic (exact) mass is 461 g/mol. The lowest BCUT2D eigenvalue weighted by Gasteiger charge is -2.38. The second kappa shape index (κ2) is 6.91. The number of nitrogens with one attached hydrogen (secondary N) is 2. The number of likely N-dealkylation sites (tertiary alicyclic amines) is 1. The number of halogens is 1. The minimum atomic E-state index is -0.707. The fraction of sp³-hybridized carbons (Fsp3) is 0.833. The Morgan fingerprint density at radius 3 is 2.56 bits per heavy atom. The van der Waals surface area contributed by atoms with Gasteiger partial charge in [-0.05, 0) is 34.1 Å². The maximum Gasteiger partial charge on any atom is 0.244 e. The number of hydrogen-bond donors (Lipinski definition) is 3. The summed E-state index contributed by atoms with van der Waals surface area (Å²) < 4.78 is -0.661. The molecule has 27 heavy (non-hydrogen) atoms. The van der Waals surface area contributed by atoms with Crippen molar-refractivity contribution in [3.8, 4) is 0 Å². The van der Waals surface area contributed by atoms with Gasteiger partial charge in [-0.25, -0.2) is 0 Å². The summed E-state index contributed by atoms with van der Waals surface area (Å²) in [6.45, 7) is 7.21. The third-order valence-corrected chi connectivity index (χ3v) is 8.98. The highest BCUT2D eigenvalue weighted by Gasteiger charge is 2.75. The predicted molar refractivity (Wildman–Crippen MR) is 108 cm³/mol. The first-order valence-electron chi connectivity index (χ1n) is 9.27. The molecule has 3 aliphatic rings. The Hall–Kier alpha value is -0.800. The molecule has 3 N–H and O–H groups in total. The second-order valence-corrected chi connectivity index (χ2v) is 11.5. The zero-order valence-electron chi connectivity index (χ0n) is 16.3. The standard InChI is InChI=1S/C18H28BrN3O4S/c1-8(7-23)22-13(15(25)21-17(2,3)4)18-6-9(19)12(27-18)10(14(24)20-5)11(18)16(22)26/h8-13,23H,6-7H2,1-5H3,(H,20,24)(H,21,25)/t8-,9?,10+,11+,12+,13?,18?/m1/s1. The summed E-state index contributed by atoms with van der Waals surface area (Å²) in [6, 6.07) is -1.20. The lowest BCUT2D eigenvalue weighted by molar-refractivity contribution is -0.142. The zero-order chi connectivity index (χ0) is 20.3. The van der Waals surface area contributed by atoms with Gasteiger partial charge < -0.3 is 20.6 Å². The van der Waals surface area contributed by atoms with Crippen molar-refractivity contribution in [3.63, 3.8) is 0 Å². The van der Waals surface area contributed by atoms with E-state index in [4.69, 9.17) is 0 Å². The van der Waals surface area contributed by atoms with Crippen LogP contribution < -0.4 is 10.6 Å². The quantitative estimate of drug-likeness (QED) is 0.529. The van der Waals surface area contributed by atoms with Crippen molar-refractivity contribution in [1.29, 1.82) is 0 Å². The molecule has 3 rings (SSSR count). The van der Waals surface area contributed by atoms with Gasteiger partial charge in [0.25, 0.3) is 0 Å². The van der Waals surface area contributed by atoms with Crippen molar-refractivity contribution < 1.29 is 19.5 Å². The molecule has 3 saturated heterocycles. The van der Waals surface area contributed by atoms with Gasteiger partial charge in [-0.15, -0.1) is 11.8 Å². The Morgan fingerprint density at radius 1 is 1.41 bits per heavy atom. The lowest BCUT2D eigenvalue weighted by Crippen LogP contribution is -2.59. The number of rotatable bonds is 4. The largest absolute Gasteiger partial charge is 0.394 e. The third-order valence-electron chi connectivity index (χ3n) is 5.76. The van der Waals surface area contributed by atoms with Crippen LogP contribution in [0.25, 0.3) is 0 Å². The van der Waals surface area contributed by atoms with Crippen molar-refractivity contribution in [3.05, 3.63) is 0 Å². The number of amides is 3. The molecule has 3 unspecified atom stereocenters. The van der Waals surface area contributed by atoms with Crippen LogP contribution in [0.15, 0.2) is 0 Å². The van der Waals surface area contributed by atoms with E-state index in [1.54, 1.807) is 25.7 Å². The molecule has 0 radical (unpaired) electrons. The Labute approximate surface area is 172 Å². The molecule has 1 spiro atoms. The van der Waals surface area contributed by atoms with Crippen molar-refractivity contribution in [1.82, 2.24) is 15.5 Å². The van der Waals surface area contributed by atoms with E-state index in [1.807, 2.05) is 20.8 Å². The molecule has 3 amide bonds.